The lowest BCUT2D eigenvalue weighted by molar-refractivity contribution is -0.385. The number of nitro benzene ring substituents is 2. The van der Waals surface area contributed by atoms with Crippen LogP contribution < -0.4 is 0 Å². The first kappa shape index (κ1) is 25.5. The van der Waals surface area contributed by atoms with Crippen LogP contribution >= 0.6 is 0 Å². The Kier molecular flexibility index (Phi) is 6.72. The number of benzene rings is 3. The molecule has 1 fully saturated rings. The standard InChI is InChI=1S/C28H22N4O7/c33-27(22-11-1-2-12-23(22)28(34)35)30-26(19-8-4-10-21(16-19)32(38)39)24-13-5-7-18(25(24)29-30)14-17-6-3-9-20(15-17)31(36)37/h1-4,6,8-12,14-16,24,26H,5,7,13H2,(H,34,35)/b18-14+/t24-,26+/m0/s1. The number of allylic oxidation sites excluding steroid dienone is 1. The van der Waals surface area contributed by atoms with Crippen LogP contribution in [0.3, 0.4) is 0 Å². The molecule has 3 aromatic rings. The summed E-state index contributed by atoms with van der Waals surface area (Å²) in [6, 6.07) is 17.3. The highest BCUT2D eigenvalue weighted by atomic mass is 16.6. The third-order valence-corrected chi connectivity index (χ3v) is 6.94. The first-order valence-corrected chi connectivity index (χ1v) is 12.2. The molecule has 2 aliphatic rings. The zero-order chi connectivity index (χ0) is 27.7. The molecular formula is C28H22N4O7. The average Bonchev–Trinajstić information content (AvgIpc) is 3.33. The Balaban J connectivity index is 1.63. The molecule has 1 aliphatic heterocycles. The molecular weight excluding hydrogens is 504 g/mol. The van der Waals surface area contributed by atoms with E-state index in [4.69, 9.17) is 0 Å². The number of amides is 1. The molecule has 2 atom stereocenters. The van der Waals surface area contributed by atoms with Crippen LogP contribution in [0.2, 0.25) is 0 Å². The summed E-state index contributed by atoms with van der Waals surface area (Å²) in [6.07, 6.45) is 3.81. The number of nitrogens with zero attached hydrogens (tertiary/aromatic N) is 4. The maximum absolute atomic E-state index is 13.8. The largest absolute Gasteiger partial charge is 0.478 e. The van der Waals surface area contributed by atoms with Gasteiger partial charge in [-0.1, -0.05) is 36.4 Å². The van der Waals surface area contributed by atoms with Crippen LogP contribution in [0, 0.1) is 26.1 Å². The quantitative estimate of drug-likeness (QED) is 0.322. The molecule has 196 valence electrons. The van der Waals surface area contributed by atoms with Gasteiger partial charge >= 0.3 is 5.97 Å². The van der Waals surface area contributed by atoms with Crippen molar-refractivity contribution < 1.29 is 24.5 Å². The van der Waals surface area contributed by atoms with Gasteiger partial charge in [0.15, 0.2) is 0 Å². The topological polar surface area (TPSA) is 156 Å². The highest BCUT2D eigenvalue weighted by Gasteiger charge is 2.44. The lowest BCUT2D eigenvalue weighted by Crippen LogP contribution is -2.32. The number of carbonyl (C=O) groups is 2. The zero-order valence-electron chi connectivity index (χ0n) is 20.5. The van der Waals surface area contributed by atoms with E-state index in [1.54, 1.807) is 30.3 Å². The van der Waals surface area contributed by atoms with Gasteiger partial charge in [-0.05, 0) is 54.2 Å². The van der Waals surface area contributed by atoms with E-state index in [0.29, 0.717) is 29.7 Å². The van der Waals surface area contributed by atoms with E-state index >= 15 is 0 Å². The van der Waals surface area contributed by atoms with Crippen molar-refractivity contribution in [1.82, 2.24) is 5.01 Å². The molecule has 1 N–H and O–H groups in total. The number of hydrazone groups is 1. The lowest BCUT2D eigenvalue weighted by atomic mass is 9.77. The summed E-state index contributed by atoms with van der Waals surface area (Å²) < 4.78 is 0. The van der Waals surface area contributed by atoms with Gasteiger partial charge in [0.05, 0.1) is 32.7 Å². The number of carboxylic acid groups (broad SMARTS) is 1. The summed E-state index contributed by atoms with van der Waals surface area (Å²) in [5, 5.41) is 38.4. The number of hydrogen-bond donors (Lipinski definition) is 1. The smallest absolute Gasteiger partial charge is 0.336 e. The van der Waals surface area contributed by atoms with Crippen LogP contribution in [-0.4, -0.2) is 37.6 Å². The van der Waals surface area contributed by atoms with Gasteiger partial charge in [0.1, 0.15) is 0 Å². The fraction of sp³-hybridized carbons (Fsp3) is 0.179. The monoisotopic (exact) mass is 526 g/mol. The number of rotatable bonds is 6. The first-order valence-electron chi connectivity index (χ1n) is 12.2. The third kappa shape index (κ3) is 4.89. The molecule has 0 saturated heterocycles. The van der Waals surface area contributed by atoms with Crippen molar-refractivity contribution >= 4 is 35.0 Å². The Morgan fingerprint density at radius 1 is 0.923 bits per heavy atom. The zero-order valence-corrected chi connectivity index (χ0v) is 20.5. The number of hydrogen-bond acceptors (Lipinski definition) is 7. The number of fused-ring (bicyclic) bond motifs is 1. The minimum absolute atomic E-state index is 0.0485. The maximum atomic E-state index is 13.8. The van der Waals surface area contributed by atoms with Gasteiger partial charge in [0, 0.05) is 30.2 Å². The second-order valence-electron chi connectivity index (χ2n) is 9.30. The Morgan fingerprint density at radius 2 is 1.59 bits per heavy atom. The number of non-ortho nitro benzene ring substituents is 2. The molecule has 0 aromatic heterocycles. The summed E-state index contributed by atoms with van der Waals surface area (Å²) in [6.45, 7) is 0. The highest BCUT2D eigenvalue weighted by Crippen LogP contribution is 2.45. The van der Waals surface area contributed by atoms with Crippen LogP contribution in [0.5, 0.6) is 0 Å². The SMILES string of the molecule is O=C(O)c1ccccc1C(=O)N1N=C2/C(=C/c3cccc([N+](=O)[O-])c3)CCC[C@@H]2[C@H]1c1cccc([N+](=O)[O-])c1. The molecule has 1 heterocycles. The van der Waals surface area contributed by atoms with Crippen LogP contribution in [0.4, 0.5) is 11.4 Å². The maximum Gasteiger partial charge on any atom is 0.336 e. The predicted molar refractivity (Wildman–Crippen MR) is 141 cm³/mol. The molecule has 5 rings (SSSR count). The molecule has 1 amide bonds. The predicted octanol–water partition coefficient (Wildman–Crippen LogP) is 5.64. The van der Waals surface area contributed by atoms with Gasteiger partial charge in [-0.3, -0.25) is 25.0 Å². The molecule has 11 heteroatoms. The third-order valence-electron chi connectivity index (χ3n) is 6.94. The average molecular weight is 527 g/mol. The van der Waals surface area contributed by atoms with Gasteiger partial charge in [-0.25, -0.2) is 9.80 Å². The number of carboxylic acids is 1. The van der Waals surface area contributed by atoms with Gasteiger partial charge in [-0.15, -0.1) is 0 Å². The van der Waals surface area contributed by atoms with Crippen LogP contribution in [0.25, 0.3) is 6.08 Å². The Labute approximate surface area is 222 Å². The fourth-order valence-electron chi connectivity index (χ4n) is 5.23. The van der Waals surface area contributed by atoms with E-state index in [1.165, 1.54) is 47.5 Å². The summed E-state index contributed by atoms with van der Waals surface area (Å²) in [5.41, 5.74) is 2.09. The van der Waals surface area contributed by atoms with E-state index < -0.39 is 27.8 Å². The molecule has 3 aromatic carbocycles. The van der Waals surface area contributed by atoms with Crippen molar-refractivity contribution in [2.75, 3.05) is 0 Å². The number of carbonyl (C=O) groups excluding carboxylic acids is 1. The van der Waals surface area contributed by atoms with E-state index in [2.05, 4.69) is 5.10 Å². The molecule has 1 saturated carbocycles. The molecule has 0 radical (unpaired) electrons. The van der Waals surface area contributed by atoms with Crippen molar-refractivity contribution in [3.05, 3.63) is 121 Å². The van der Waals surface area contributed by atoms with E-state index in [1.807, 2.05) is 6.08 Å². The molecule has 1 aliphatic carbocycles. The summed E-state index contributed by atoms with van der Waals surface area (Å²) in [4.78, 5) is 47.5. The Bertz CT molecular complexity index is 1580. The Morgan fingerprint density at radius 3 is 2.28 bits per heavy atom. The van der Waals surface area contributed by atoms with Gasteiger partial charge < -0.3 is 5.11 Å². The normalized spacial score (nSPS) is 19.3. The van der Waals surface area contributed by atoms with Gasteiger partial charge in [-0.2, -0.15) is 5.10 Å². The summed E-state index contributed by atoms with van der Waals surface area (Å²) >= 11 is 0. The molecule has 0 unspecified atom stereocenters. The van der Waals surface area contributed by atoms with Crippen LogP contribution in [-0.2, 0) is 0 Å². The van der Waals surface area contributed by atoms with E-state index in [-0.39, 0.29) is 28.4 Å². The molecule has 0 bridgehead atoms. The Hall–Kier alpha value is -5.19. The van der Waals surface area contributed by atoms with Gasteiger partial charge in [0.2, 0.25) is 0 Å². The lowest BCUT2D eigenvalue weighted by Gasteiger charge is -2.29. The highest BCUT2D eigenvalue weighted by molar-refractivity contribution is 6.10. The minimum atomic E-state index is -1.26. The first-order chi connectivity index (χ1) is 18.7. The second kappa shape index (κ2) is 10.3. The van der Waals surface area contributed by atoms with E-state index in [0.717, 1.165) is 12.0 Å². The van der Waals surface area contributed by atoms with Crippen LogP contribution in [0.15, 0.2) is 83.5 Å². The van der Waals surface area contributed by atoms with Crippen molar-refractivity contribution in [3.63, 3.8) is 0 Å². The van der Waals surface area contributed by atoms with Gasteiger partial charge in [0.25, 0.3) is 17.3 Å². The van der Waals surface area contributed by atoms with Crippen molar-refractivity contribution in [2.24, 2.45) is 11.0 Å². The van der Waals surface area contributed by atoms with Crippen molar-refractivity contribution in [1.29, 1.82) is 0 Å². The fourth-order valence-corrected chi connectivity index (χ4v) is 5.23. The van der Waals surface area contributed by atoms with Crippen molar-refractivity contribution in [2.45, 2.75) is 25.3 Å². The summed E-state index contributed by atoms with van der Waals surface area (Å²) in [7, 11) is 0. The summed E-state index contributed by atoms with van der Waals surface area (Å²) in [5.74, 6) is -2.21. The minimum Gasteiger partial charge on any atom is -0.478 e. The van der Waals surface area contributed by atoms with E-state index in [9.17, 15) is 34.9 Å². The second-order valence-corrected chi connectivity index (χ2v) is 9.30. The number of aromatic carboxylic acids is 1. The molecule has 11 nitrogen and oxygen atoms in total. The molecule has 39 heavy (non-hydrogen) atoms. The molecule has 0 spiro atoms. The number of nitro groups is 2. The van der Waals surface area contributed by atoms with Crippen molar-refractivity contribution in [3.8, 4) is 0 Å². The van der Waals surface area contributed by atoms with Crippen LogP contribution in [0.1, 0.15) is 57.1 Å².